The molecule has 1 saturated heterocycles. The fourth-order valence-corrected chi connectivity index (χ4v) is 1.95. The lowest BCUT2D eigenvalue weighted by Crippen LogP contribution is -2.40. The van der Waals surface area contributed by atoms with E-state index in [1.54, 1.807) is 0 Å². The van der Waals surface area contributed by atoms with Gasteiger partial charge in [0.05, 0.1) is 5.60 Å². The average molecular weight is 143 g/mol. The van der Waals surface area contributed by atoms with Crippen molar-refractivity contribution in [3.05, 3.63) is 0 Å². The zero-order valence-corrected chi connectivity index (χ0v) is 7.09. The second kappa shape index (κ2) is 2.51. The summed E-state index contributed by atoms with van der Waals surface area (Å²) in [6.45, 7) is 5.09. The summed E-state index contributed by atoms with van der Waals surface area (Å²) in [5.41, 5.74) is -0.441. The monoisotopic (exact) mass is 143 g/mol. The number of likely N-dealkylation sites (tertiary alicyclic amines) is 1. The Morgan fingerprint density at radius 1 is 1.70 bits per heavy atom. The van der Waals surface area contributed by atoms with Gasteiger partial charge >= 0.3 is 0 Å². The van der Waals surface area contributed by atoms with E-state index in [9.17, 15) is 5.11 Å². The first-order valence-corrected chi connectivity index (χ1v) is 4.00. The van der Waals surface area contributed by atoms with Gasteiger partial charge < -0.3 is 10.0 Å². The number of likely N-dealkylation sites (N-methyl/N-ethyl adjacent to an activating group) is 1. The van der Waals surface area contributed by atoms with Crippen molar-refractivity contribution in [3.8, 4) is 0 Å². The molecule has 2 atom stereocenters. The van der Waals surface area contributed by atoms with Gasteiger partial charge in [0.1, 0.15) is 0 Å². The summed E-state index contributed by atoms with van der Waals surface area (Å²) in [5, 5.41) is 9.78. The van der Waals surface area contributed by atoms with Gasteiger partial charge in [0, 0.05) is 12.6 Å². The van der Waals surface area contributed by atoms with Crippen LogP contribution in [0.25, 0.3) is 0 Å². The third kappa shape index (κ3) is 1.18. The number of rotatable bonds is 1. The lowest BCUT2D eigenvalue weighted by molar-refractivity contribution is 0.0244. The van der Waals surface area contributed by atoms with E-state index in [1.807, 2.05) is 6.92 Å². The molecule has 10 heavy (non-hydrogen) atoms. The van der Waals surface area contributed by atoms with Gasteiger partial charge in [-0.15, -0.1) is 0 Å². The standard InChI is InChI=1S/C8H17NO/c1-4-7-8(2,10)5-6-9(7)3/h7,10H,4-6H2,1-3H3/t7-,8+/m1/s1. The molecular formula is C8H17NO. The minimum Gasteiger partial charge on any atom is -0.388 e. The number of aliphatic hydroxyl groups is 1. The maximum absolute atomic E-state index is 9.78. The Labute approximate surface area is 62.8 Å². The molecule has 1 rings (SSSR count). The molecule has 1 fully saturated rings. The molecule has 0 bridgehead atoms. The zero-order valence-electron chi connectivity index (χ0n) is 7.09. The van der Waals surface area contributed by atoms with Gasteiger partial charge in [-0.25, -0.2) is 0 Å². The Kier molecular flexibility index (Phi) is 2.02. The van der Waals surface area contributed by atoms with Gasteiger partial charge in [-0.2, -0.15) is 0 Å². The molecule has 0 aromatic carbocycles. The van der Waals surface area contributed by atoms with Crippen LogP contribution in [0.3, 0.4) is 0 Å². The number of hydrogen-bond donors (Lipinski definition) is 1. The van der Waals surface area contributed by atoms with Crippen LogP contribution in [0.15, 0.2) is 0 Å². The van der Waals surface area contributed by atoms with E-state index in [0.717, 1.165) is 19.4 Å². The SMILES string of the molecule is CC[C@H]1N(C)CC[C@]1(C)O. The van der Waals surface area contributed by atoms with E-state index in [2.05, 4.69) is 18.9 Å². The van der Waals surface area contributed by atoms with Crippen molar-refractivity contribution < 1.29 is 5.11 Å². The van der Waals surface area contributed by atoms with E-state index in [0.29, 0.717) is 6.04 Å². The normalized spacial score (nSPS) is 42.6. The Morgan fingerprint density at radius 2 is 2.30 bits per heavy atom. The summed E-state index contributed by atoms with van der Waals surface area (Å²) in [6.07, 6.45) is 1.96. The smallest absolute Gasteiger partial charge is 0.0786 e. The zero-order chi connectivity index (χ0) is 7.78. The Morgan fingerprint density at radius 3 is 2.50 bits per heavy atom. The van der Waals surface area contributed by atoms with Crippen LogP contribution in [0.4, 0.5) is 0 Å². The van der Waals surface area contributed by atoms with Gasteiger partial charge in [0.2, 0.25) is 0 Å². The van der Waals surface area contributed by atoms with E-state index in [-0.39, 0.29) is 0 Å². The quantitative estimate of drug-likeness (QED) is 0.588. The minimum absolute atomic E-state index is 0.368. The predicted molar refractivity (Wildman–Crippen MR) is 41.9 cm³/mol. The Balaban J connectivity index is 2.63. The molecule has 0 aromatic heterocycles. The lowest BCUT2D eigenvalue weighted by atomic mass is 9.95. The fourth-order valence-electron chi connectivity index (χ4n) is 1.95. The highest BCUT2D eigenvalue weighted by atomic mass is 16.3. The maximum atomic E-state index is 9.78. The lowest BCUT2D eigenvalue weighted by Gasteiger charge is -2.27. The summed E-state index contributed by atoms with van der Waals surface area (Å²) >= 11 is 0. The molecule has 60 valence electrons. The first kappa shape index (κ1) is 8.02. The van der Waals surface area contributed by atoms with Gasteiger partial charge in [-0.1, -0.05) is 6.92 Å². The molecule has 1 aliphatic heterocycles. The van der Waals surface area contributed by atoms with Crippen molar-refractivity contribution in [2.45, 2.75) is 38.3 Å². The molecular weight excluding hydrogens is 126 g/mol. The number of nitrogens with zero attached hydrogens (tertiary/aromatic N) is 1. The molecule has 2 heteroatoms. The summed E-state index contributed by atoms with van der Waals surface area (Å²) in [6, 6.07) is 0.368. The molecule has 1 heterocycles. The van der Waals surface area contributed by atoms with E-state index < -0.39 is 5.60 Å². The number of hydrogen-bond acceptors (Lipinski definition) is 2. The largest absolute Gasteiger partial charge is 0.388 e. The molecule has 0 aromatic rings. The van der Waals surface area contributed by atoms with Crippen LogP contribution in [-0.2, 0) is 0 Å². The summed E-state index contributed by atoms with van der Waals surface area (Å²) in [4.78, 5) is 2.24. The molecule has 0 saturated carbocycles. The van der Waals surface area contributed by atoms with Crippen LogP contribution in [0.2, 0.25) is 0 Å². The van der Waals surface area contributed by atoms with Gasteiger partial charge in [0.25, 0.3) is 0 Å². The Bertz CT molecular complexity index is 122. The van der Waals surface area contributed by atoms with Crippen molar-refractivity contribution >= 4 is 0 Å². The minimum atomic E-state index is -0.441. The molecule has 1 aliphatic rings. The van der Waals surface area contributed by atoms with Crippen molar-refractivity contribution in [3.63, 3.8) is 0 Å². The van der Waals surface area contributed by atoms with E-state index in [4.69, 9.17) is 0 Å². The molecule has 0 unspecified atom stereocenters. The average Bonchev–Trinajstić information content (AvgIpc) is 2.07. The van der Waals surface area contributed by atoms with Crippen molar-refractivity contribution in [2.75, 3.05) is 13.6 Å². The molecule has 0 aliphatic carbocycles. The maximum Gasteiger partial charge on any atom is 0.0786 e. The highest BCUT2D eigenvalue weighted by molar-refractivity contribution is 4.94. The van der Waals surface area contributed by atoms with E-state index >= 15 is 0 Å². The molecule has 2 nitrogen and oxygen atoms in total. The third-order valence-electron chi connectivity index (χ3n) is 2.61. The van der Waals surface area contributed by atoms with Crippen LogP contribution in [0.5, 0.6) is 0 Å². The molecule has 0 amide bonds. The highest BCUT2D eigenvalue weighted by Gasteiger charge is 2.38. The summed E-state index contributed by atoms with van der Waals surface area (Å²) in [5.74, 6) is 0. The predicted octanol–water partition coefficient (Wildman–Crippen LogP) is 0.851. The first-order chi connectivity index (χ1) is 4.58. The van der Waals surface area contributed by atoms with Gasteiger partial charge in [0.15, 0.2) is 0 Å². The second-order valence-electron chi connectivity index (χ2n) is 3.51. The van der Waals surface area contributed by atoms with Crippen LogP contribution in [0, 0.1) is 0 Å². The molecule has 0 spiro atoms. The summed E-state index contributed by atoms with van der Waals surface area (Å²) in [7, 11) is 2.08. The topological polar surface area (TPSA) is 23.5 Å². The van der Waals surface area contributed by atoms with Gasteiger partial charge in [-0.05, 0) is 26.8 Å². The van der Waals surface area contributed by atoms with Crippen molar-refractivity contribution in [1.82, 2.24) is 4.90 Å². The van der Waals surface area contributed by atoms with Gasteiger partial charge in [-0.3, -0.25) is 0 Å². The third-order valence-corrected chi connectivity index (χ3v) is 2.61. The fraction of sp³-hybridized carbons (Fsp3) is 1.00. The molecule has 1 N–H and O–H groups in total. The van der Waals surface area contributed by atoms with Crippen molar-refractivity contribution in [2.24, 2.45) is 0 Å². The molecule has 0 radical (unpaired) electrons. The van der Waals surface area contributed by atoms with Crippen molar-refractivity contribution in [1.29, 1.82) is 0 Å². The Hall–Kier alpha value is -0.0800. The second-order valence-corrected chi connectivity index (χ2v) is 3.51. The van der Waals surface area contributed by atoms with Crippen LogP contribution in [0.1, 0.15) is 26.7 Å². The van der Waals surface area contributed by atoms with E-state index in [1.165, 1.54) is 0 Å². The van der Waals surface area contributed by atoms with Crippen LogP contribution in [-0.4, -0.2) is 35.2 Å². The summed E-state index contributed by atoms with van der Waals surface area (Å²) < 4.78 is 0. The van der Waals surface area contributed by atoms with Crippen LogP contribution < -0.4 is 0 Å². The van der Waals surface area contributed by atoms with Crippen LogP contribution >= 0.6 is 0 Å². The highest BCUT2D eigenvalue weighted by Crippen LogP contribution is 2.28. The first-order valence-electron chi connectivity index (χ1n) is 4.00.